The molecule has 0 atom stereocenters. The van der Waals surface area contributed by atoms with Gasteiger partial charge in [-0.1, -0.05) is 24.3 Å². The number of aromatic nitrogens is 4. The molecular formula is C18H20N6O3. The van der Waals surface area contributed by atoms with Gasteiger partial charge in [-0.2, -0.15) is 10.1 Å². The first-order chi connectivity index (χ1) is 12.9. The molecule has 0 unspecified atom stereocenters. The van der Waals surface area contributed by atoms with Crippen LogP contribution in [-0.2, 0) is 13.6 Å². The van der Waals surface area contributed by atoms with Crippen LogP contribution < -0.4 is 16.7 Å². The molecule has 9 heteroatoms. The topological polar surface area (TPSA) is 117 Å². The van der Waals surface area contributed by atoms with E-state index in [-0.39, 0.29) is 16.9 Å². The molecule has 2 aromatic heterocycles. The fraction of sp³-hybridized carbons (Fsp3) is 0.222. The number of phenols is 1. The lowest BCUT2D eigenvalue weighted by atomic mass is 10.1. The van der Waals surface area contributed by atoms with Crippen LogP contribution in [0, 0.1) is 0 Å². The predicted octanol–water partition coefficient (Wildman–Crippen LogP) is 1.54. The molecule has 140 valence electrons. The summed E-state index contributed by atoms with van der Waals surface area (Å²) in [4.78, 5) is 30.8. The van der Waals surface area contributed by atoms with E-state index in [0.717, 1.165) is 0 Å². The van der Waals surface area contributed by atoms with E-state index in [1.807, 2.05) is 19.1 Å². The Labute approximate surface area is 154 Å². The zero-order valence-electron chi connectivity index (χ0n) is 15.2. The Morgan fingerprint density at radius 2 is 2.11 bits per heavy atom. The lowest BCUT2D eigenvalue weighted by molar-refractivity contribution is 0.474. The molecule has 0 aliphatic carbocycles. The fourth-order valence-corrected chi connectivity index (χ4v) is 2.68. The monoisotopic (exact) mass is 368 g/mol. The summed E-state index contributed by atoms with van der Waals surface area (Å²) in [6, 6.07) is 6.84. The molecule has 0 amide bonds. The number of benzene rings is 1. The van der Waals surface area contributed by atoms with Crippen LogP contribution in [0.25, 0.3) is 11.2 Å². The average Bonchev–Trinajstić information content (AvgIpc) is 3.02. The molecule has 0 bridgehead atoms. The molecule has 0 radical (unpaired) electrons. The van der Waals surface area contributed by atoms with E-state index < -0.39 is 11.2 Å². The molecule has 0 aliphatic heterocycles. The first-order valence-electron chi connectivity index (χ1n) is 8.33. The molecule has 9 nitrogen and oxygen atoms in total. The number of allylic oxidation sites excluding steroid dienone is 2. The summed E-state index contributed by atoms with van der Waals surface area (Å²) in [5.74, 6) is 0.423. The number of imidazole rings is 1. The Balaban J connectivity index is 2.11. The van der Waals surface area contributed by atoms with Crippen molar-refractivity contribution in [1.29, 1.82) is 0 Å². The standard InChI is InChI=1S/C18H20N6O3/c1-4-5-10-24-14-15(23(3)18(27)20-16(14)26)19-17(24)22-21-11(2)12-8-6-7-9-13(12)25/h4-9,25H,10H2,1-3H3,(H,19,22)(H,20,26,27). The van der Waals surface area contributed by atoms with Gasteiger partial charge >= 0.3 is 5.69 Å². The number of hydrogen-bond acceptors (Lipinski definition) is 6. The Bertz CT molecular complexity index is 1170. The summed E-state index contributed by atoms with van der Waals surface area (Å²) in [5, 5.41) is 14.2. The highest BCUT2D eigenvalue weighted by molar-refractivity contribution is 6.01. The molecule has 27 heavy (non-hydrogen) atoms. The third-order valence-electron chi connectivity index (χ3n) is 4.15. The molecule has 0 aliphatic rings. The molecule has 3 aromatic rings. The normalized spacial score (nSPS) is 12.2. The van der Waals surface area contributed by atoms with Crippen molar-refractivity contribution in [3.8, 4) is 5.75 Å². The van der Waals surface area contributed by atoms with Crippen LogP contribution in [0.4, 0.5) is 5.95 Å². The fourth-order valence-electron chi connectivity index (χ4n) is 2.68. The first-order valence-corrected chi connectivity index (χ1v) is 8.33. The smallest absolute Gasteiger partial charge is 0.329 e. The summed E-state index contributed by atoms with van der Waals surface area (Å²) in [7, 11) is 1.54. The number of hydrogen-bond donors (Lipinski definition) is 3. The Kier molecular flexibility index (Phi) is 4.93. The van der Waals surface area contributed by atoms with Crippen molar-refractivity contribution in [2.75, 3.05) is 5.43 Å². The molecule has 0 saturated carbocycles. The summed E-state index contributed by atoms with van der Waals surface area (Å²) >= 11 is 0. The minimum atomic E-state index is -0.538. The van der Waals surface area contributed by atoms with E-state index in [9.17, 15) is 14.7 Å². The molecular weight excluding hydrogens is 348 g/mol. The van der Waals surface area contributed by atoms with Gasteiger partial charge in [0.05, 0.1) is 5.71 Å². The minimum Gasteiger partial charge on any atom is -0.507 e. The molecule has 1 aromatic carbocycles. The Morgan fingerprint density at radius 3 is 2.81 bits per heavy atom. The molecule has 3 N–H and O–H groups in total. The number of phenolic OH excluding ortho intramolecular Hbond substituents is 1. The second-order valence-electron chi connectivity index (χ2n) is 5.93. The lowest BCUT2D eigenvalue weighted by Gasteiger charge is -2.07. The van der Waals surface area contributed by atoms with Gasteiger partial charge in [0, 0.05) is 19.2 Å². The van der Waals surface area contributed by atoms with Crippen LogP contribution in [-0.4, -0.2) is 29.9 Å². The maximum atomic E-state index is 12.3. The molecule has 0 fully saturated rings. The van der Waals surface area contributed by atoms with Crippen molar-refractivity contribution in [3.63, 3.8) is 0 Å². The average molecular weight is 368 g/mol. The first kappa shape index (κ1) is 18.2. The quantitative estimate of drug-likeness (QED) is 0.359. The number of H-pyrrole nitrogens is 1. The molecule has 3 rings (SSSR count). The second-order valence-corrected chi connectivity index (χ2v) is 5.93. The number of para-hydroxylation sites is 1. The SMILES string of the molecule is CC=CCn1c(NN=C(C)c2ccccc2O)nc2c1c(=O)[nH]c(=O)n2C. The van der Waals surface area contributed by atoms with Gasteiger partial charge in [-0.3, -0.25) is 18.9 Å². The number of nitrogens with zero attached hydrogens (tertiary/aromatic N) is 4. The van der Waals surface area contributed by atoms with E-state index in [1.165, 1.54) is 11.6 Å². The highest BCUT2D eigenvalue weighted by Crippen LogP contribution is 2.18. The summed E-state index contributed by atoms with van der Waals surface area (Å²) in [5.41, 5.74) is 3.43. The number of aromatic hydroxyl groups is 1. The van der Waals surface area contributed by atoms with Gasteiger partial charge in [0.15, 0.2) is 11.2 Å². The zero-order valence-corrected chi connectivity index (χ0v) is 15.2. The number of anilines is 1. The van der Waals surface area contributed by atoms with Crippen LogP contribution in [0.1, 0.15) is 19.4 Å². The van der Waals surface area contributed by atoms with Crippen molar-refractivity contribution >= 4 is 22.8 Å². The van der Waals surface area contributed by atoms with E-state index in [0.29, 0.717) is 23.8 Å². The summed E-state index contributed by atoms with van der Waals surface area (Å²) in [6.45, 7) is 3.98. The second kappa shape index (κ2) is 7.32. The summed E-state index contributed by atoms with van der Waals surface area (Å²) < 4.78 is 2.91. The van der Waals surface area contributed by atoms with Gasteiger partial charge in [0.25, 0.3) is 5.56 Å². The van der Waals surface area contributed by atoms with Crippen molar-refractivity contribution in [3.05, 3.63) is 62.8 Å². The number of rotatable bonds is 5. The Hall–Kier alpha value is -3.62. The third-order valence-corrected chi connectivity index (χ3v) is 4.15. The predicted molar refractivity (Wildman–Crippen MR) is 104 cm³/mol. The number of aromatic amines is 1. The number of hydrazone groups is 1. The molecule has 2 heterocycles. The van der Waals surface area contributed by atoms with Crippen molar-refractivity contribution in [2.24, 2.45) is 12.1 Å². The van der Waals surface area contributed by atoms with Gasteiger partial charge in [0.1, 0.15) is 5.75 Å². The van der Waals surface area contributed by atoms with Gasteiger partial charge in [-0.15, -0.1) is 0 Å². The third kappa shape index (κ3) is 3.39. The van der Waals surface area contributed by atoms with Crippen LogP contribution in [0.5, 0.6) is 5.75 Å². The summed E-state index contributed by atoms with van der Waals surface area (Å²) in [6.07, 6.45) is 3.71. The van der Waals surface area contributed by atoms with Crippen LogP contribution in [0.15, 0.2) is 51.1 Å². The Morgan fingerprint density at radius 1 is 1.37 bits per heavy atom. The number of fused-ring (bicyclic) bond motifs is 1. The van der Waals surface area contributed by atoms with E-state index in [4.69, 9.17) is 0 Å². The largest absolute Gasteiger partial charge is 0.507 e. The highest BCUT2D eigenvalue weighted by atomic mass is 16.3. The molecule has 0 spiro atoms. The van der Waals surface area contributed by atoms with Crippen molar-refractivity contribution < 1.29 is 5.11 Å². The highest BCUT2D eigenvalue weighted by Gasteiger charge is 2.16. The maximum absolute atomic E-state index is 12.3. The number of aryl methyl sites for hydroxylation is 1. The minimum absolute atomic E-state index is 0.113. The van der Waals surface area contributed by atoms with E-state index in [2.05, 4.69) is 20.5 Å². The molecule has 0 saturated heterocycles. The van der Waals surface area contributed by atoms with E-state index in [1.54, 1.807) is 35.8 Å². The van der Waals surface area contributed by atoms with Crippen molar-refractivity contribution in [1.82, 2.24) is 19.1 Å². The van der Waals surface area contributed by atoms with E-state index >= 15 is 0 Å². The maximum Gasteiger partial charge on any atom is 0.329 e. The number of nitrogens with one attached hydrogen (secondary N) is 2. The van der Waals surface area contributed by atoms with Crippen molar-refractivity contribution in [2.45, 2.75) is 20.4 Å². The van der Waals surface area contributed by atoms with Crippen LogP contribution >= 0.6 is 0 Å². The lowest BCUT2D eigenvalue weighted by Crippen LogP contribution is -2.29. The van der Waals surface area contributed by atoms with Gasteiger partial charge in [-0.25, -0.2) is 10.2 Å². The van der Waals surface area contributed by atoms with Gasteiger partial charge < -0.3 is 5.11 Å². The van der Waals surface area contributed by atoms with Gasteiger partial charge in [0.2, 0.25) is 5.95 Å². The zero-order chi connectivity index (χ0) is 19.6. The van der Waals surface area contributed by atoms with Crippen LogP contribution in [0.2, 0.25) is 0 Å². The van der Waals surface area contributed by atoms with Crippen LogP contribution in [0.3, 0.4) is 0 Å². The van der Waals surface area contributed by atoms with Gasteiger partial charge in [-0.05, 0) is 26.0 Å².